The molecule has 1 saturated heterocycles. The van der Waals surface area contributed by atoms with Crippen molar-refractivity contribution in [2.45, 2.75) is 39.2 Å². The van der Waals surface area contributed by atoms with Crippen molar-refractivity contribution in [1.82, 2.24) is 15.1 Å². The van der Waals surface area contributed by atoms with Crippen molar-refractivity contribution < 1.29 is 4.42 Å². The van der Waals surface area contributed by atoms with Crippen LogP contribution in [0.4, 0.5) is 0 Å². The molecule has 0 spiro atoms. The average molecular weight is 321 g/mol. The van der Waals surface area contributed by atoms with Gasteiger partial charge in [0.2, 0.25) is 0 Å². The third kappa shape index (κ3) is 3.06. The van der Waals surface area contributed by atoms with E-state index in [9.17, 15) is 0 Å². The van der Waals surface area contributed by atoms with E-state index in [-0.39, 0.29) is 0 Å². The molecule has 0 amide bonds. The Labute approximate surface area is 142 Å². The molecule has 0 aliphatic carbocycles. The largest absolute Gasteiger partial charge is 0.461 e. The predicted molar refractivity (Wildman–Crippen MR) is 96.0 cm³/mol. The van der Waals surface area contributed by atoms with Crippen LogP contribution in [0.2, 0.25) is 0 Å². The molecule has 1 fully saturated rings. The summed E-state index contributed by atoms with van der Waals surface area (Å²) in [7, 11) is 0. The number of aromatic nitrogens is 2. The van der Waals surface area contributed by atoms with Crippen LogP contribution < -0.4 is 0 Å². The highest BCUT2D eigenvalue weighted by molar-refractivity contribution is 5.83. The summed E-state index contributed by atoms with van der Waals surface area (Å²) in [6.45, 7) is 6.56. The third-order valence-electron chi connectivity index (χ3n) is 5.00. The molecule has 0 radical (unpaired) electrons. The summed E-state index contributed by atoms with van der Waals surface area (Å²) in [6, 6.07) is 13.1. The van der Waals surface area contributed by atoms with Crippen LogP contribution in [0.25, 0.3) is 22.2 Å². The van der Waals surface area contributed by atoms with E-state index < -0.39 is 0 Å². The summed E-state index contributed by atoms with van der Waals surface area (Å²) in [6.07, 6.45) is 3.61. The fourth-order valence-electron chi connectivity index (χ4n) is 3.50. The van der Waals surface area contributed by atoms with Gasteiger partial charge in [0.05, 0.1) is 11.4 Å². The number of nitrogens with zero attached hydrogens (tertiary/aromatic N) is 3. The smallest absolute Gasteiger partial charge is 0.134 e. The van der Waals surface area contributed by atoms with Gasteiger partial charge in [-0.05, 0) is 57.5 Å². The van der Waals surface area contributed by atoms with Gasteiger partial charge in [-0.15, -0.1) is 0 Å². The molecule has 4 rings (SSSR count). The number of fused-ring (bicyclic) bond motifs is 1. The number of rotatable bonds is 4. The normalized spacial score (nSPS) is 18.5. The Kier molecular flexibility index (Phi) is 4.07. The highest BCUT2D eigenvalue weighted by Crippen LogP contribution is 2.26. The molecule has 3 aromatic rings. The fourth-order valence-corrected chi connectivity index (χ4v) is 3.50. The molecule has 124 valence electrons. The van der Waals surface area contributed by atoms with E-state index in [4.69, 9.17) is 4.42 Å². The second-order valence-electron chi connectivity index (χ2n) is 6.80. The lowest BCUT2D eigenvalue weighted by molar-refractivity contribution is 0.266. The van der Waals surface area contributed by atoms with E-state index in [1.54, 1.807) is 0 Å². The maximum absolute atomic E-state index is 6.07. The first-order valence-corrected chi connectivity index (χ1v) is 8.76. The van der Waals surface area contributed by atoms with Crippen molar-refractivity contribution in [3.8, 4) is 11.3 Å². The Bertz CT molecular complexity index is 838. The highest BCUT2D eigenvalue weighted by atomic mass is 16.3. The third-order valence-corrected chi connectivity index (χ3v) is 5.00. The van der Waals surface area contributed by atoms with Crippen LogP contribution in [-0.2, 0) is 6.42 Å². The first kappa shape index (κ1) is 15.3. The van der Waals surface area contributed by atoms with Crippen molar-refractivity contribution in [3.05, 3.63) is 47.9 Å². The fraction of sp³-hybridized carbons (Fsp3) is 0.400. The van der Waals surface area contributed by atoms with E-state index in [1.807, 2.05) is 19.1 Å². The summed E-state index contributed by atoms with van der Waals surface area (Å²) in [4.78, 5) is 2.56. The minimum atomic E-state index is 0.709. The minimum absolute atomic E-state index is 0.709. The van der Waals surface area contributed by atoms with Crippen molar-refractivity contribution in [2.75, 3.05) is 13.1 Å². The number of hydrogen-bond acceptors (Lipinski definition) is 4. The molecule has 4 nitrogen and oxygen atoms in total. The van der Waals surface area contributed by atoms with Gasteiger partial charge in [-0.2, -0.15) is 10.2 Å². The molecule has 24 heavy (non-hydrogen) atoms. The first-order valence-electron chi connectivity index (χ1n) is 8.76. The van der Waals surface area contributed by atoms with Crippen molar-refractivity contribution in [1.29, 1.82) is 0 Å². The summed E-state index contributed by atoms with van der Waals surface area (Å²) < 4.78 is 6.07. The Balaban J connectivity index is 1.53. The second kappa shape index (κ2) is 6.36. The van der Waals surface area contributed by atoms with Crippen molar-refractivity contribution in [3.63, 3.8) is 0 Å². The van der Waals surface area contributed by atoms with Gasteiger partial charge in [-0.3, -0.25) is 0 Å². The average Bonchev–Trinajstić information content (AvgIpc) is 3.18. The second-order valence-corrected chi connectivity index (χ2v) is 6.80. The van der Waals surface area contributed by atoms with Crippen molar-refractivity contribution in [2.24, 2.45) is 0 Å². The SMILES string of the molecule is Cc1ccc(-c2ccc3cc(CCN4CCC[C@H]4C)oc3c2)nn1. The van der Waals surface area contributed by atoms with Gasteiger partial charge in [0.1, 0.15) is 11.3 Å². The van der Waals surface area contributed by atoms with Crippen LogP contribution in [-0.4, -0.2) is 34.2 Å². The molecule has 1 aromatic carbocycles. The molecular weight excluding hydrogens is 298 g/mol. The Morgan fingerprint density at radius 2 is 2.08 bits per heavy atom. The first-order chi connectivity index (χ1) is 11.7. The van der Waals surface area contributed by atoms with E-state index >= 15 is 0 Å². The van der Waals surface area contributed by atoms with Gasteiger partial charge in [0.25, 0.3) is 0 Å². The van der Waals surface area contributed by atoms with Crippen LogP contribution in [0.3, 0.4) is 0 Å². The number of benzene rings is 1. The predicted octanol–water partition coefficient (Wildman–Crippen LogP) is 4.23. The van der Waals surface area contributed by atoms with Gasteiger partial charge in [-0.25, -0.2) is 0 Å². The van der Waals surface area contributed by atoms with Gasteiger partial charge in [0.15, 0.2) is 0 Å². The molecule has 0 saturated carbocycles. The molecule has 1 aliphatic heterocycles. The lowest BCUT2D eigenvalue weighted by Gasteiger charge is -2.19. The Morgan fingerprint density at radius 3 is 2.83 bits per heavy atom. The monoisotopic (exact) mass is 321 g/mol. The van der Waals surface area contributed by atoms with E-state index in [0.29, 0.717) is 6.04 Å². The van der Waals surface area contributed by atoms with E-state index in [1.165, 1.54) is 19.4 Å². The van der Waals surface area contributed by atoms with E-state index in [0.717, 1.165) is 46.6 Å². The molecule has 0 unspecified atom stereocenters. The van der Waals surface area contributed by atoms with Gasteiger partial charge >= 0.3 is 0 Å². The number of hydrogen-bond donors (Lipinski definition) is 0. The van der Waals surface area contributed by atoms with Crippen LogP contribution in [0.5, 0.6) is 0 Å². The lowest BCUT2D eigenvalue weighted by atomic mass is 10.1. The van der Waals surface area contributed by atoms with E-state index in [2.05, 4.69) is 46.3 Å². The highest BCUT2D eigenvalue weighted by Gasteiger charge is 2.20. The Hall–Kier alpha value is -2.20. The number of likely N-dealkylation sites (tertiary alicyclic amines) is 1. The molecule has 2 aromatic heterocycles. The Morgan fingerprint density at radius 1 is 1.17 bits per heavy atom. The minimum Gasteiger partial charge on any atom is -0.461 e. The van der Waals surface area contributed by atoms with Crippen molar-refractivity contribution >= 4 is 11.0 Å². The summed E-state index contributed by atoms with van der Waals surface area (Å²) in [5.74, 6) is 1.07. The number of furan rings is 1. The molecule has 0 N–H and O–H groups in total. The summed E-state index contributed by atoms with van der Waals surface area (Å²) in [5.41, 5.74) is 3.78. The molecule has 1 aliphatic rings. The lowest BCUT2D eigenvalue weighted by Crippen LogP contribution is -2.28. The van der Waals surface area contributed by atoms with Crippen LogP contribution in [0.15, 0.2) is 40.8 Å². The maximum atomic E-state index is 6.07. The van der Waals surface area contributed by atoms with Gasteiger partial charge in [0, 0.05) is 30.0 Å². The molecular formula is C20H23N3O. The molecule has 0 bridgehead atoms. The van der Waals surface area contributed by atoms with Gasteiger partial charge < -0.3 is 9.32 Å². The quantitative estimate of drug-likeness (QED) is 0.721. The molecule has 3 heterocycles. The van der Waals surface area contributed by atoms with Crippen LogP contribution >= 0.6 is 0 Å². The molecule has 4 heteroatoms. The zero-order chi connectivity index (χ0) is 16.5. The zero-order valence-electron chi connectivity index (χ0n) is 14.3. The standard InChI is InChI=1S/C20H23N3O/c1-14-5-8-19(22-21-14)16-6-7-17-12-18(24-20(17)13-16)9-11-23-10-3-4-15(23)2/h5-8,12-13,15H,3-4,9-11H2,1-2H3/t15-/m1/s1. The van der Waals surface area contributed by atoms with Crippen LogP contribution in [0.1, 0.15) is 31.2 Å². The number of aryl methyl sites for hydroxylation is 1. The maximum Gasteiger partial charge on any atom is 0.134 e. The zero-order valence-corrected chi connectivity index (χ0v) is 14.3. The van der Waals surface area contributed by atoms with Gasteiger partial charge in [-0.1, -0.05) is 12.1 Å². The summed E-state index contributed by atoms with van der Waals surface area (Å²) in [5, 5.41) is 9.55. The van der Waals surface area contributed by atoms with Crippen LogP contribution in [0, 0.1) is 6.92 Å². The summed E-state index contributed by atoms with van der Waals surface area (Å²) >= 11 is 0. The topological polar surface area (TPSA) is 42.2 Å². The molecule has 1 atom stereocenters.